The van der Waals surface area contributed by atoms with Gasteiger partial charge in [0.2, 0.25) is 0 Å². The van der Waals surface area contributed by atoms with Gasteiger partial charge < -0.3 is 10.4 Å². The van der Waals surface area contributed by atoms with Crippen molar-refractivity contribution in [3.63, 3.8) is 0 Å². The lowest BCUT2D eigenvalue weighted by Crippen LogP contribution is -2.56. The summed E-state index contributed by atoms with van der Waals surface area (Å²) >= 11 is 6.03. The van der Waals surface area contributed by atoms with Crippen LogP contribution in [0.4, 0.5) is 5.69 Å². The van der Waals surface area contributed by atoms with E-state index < -0.39 is 5.60 Å². The second-order valence-electron chi connectivity index (χ2n) is 6.07. The molecule has 3 heteroatoms. The van der Waals surface area contributed by atoms with Gasteiger partial charge in [0.25, 0.3) is 0 Å². The van der Waals surface area contributed by atoms with Gasteiger partial charge in [-0.25, -0.2) is 0 Å². The van der Waals surface area contributed by atoms with Crippen LogP contribution >= 0.6 is 11.6 Å². The summed E-state index contributed by atoms with van der Waals surface area (Å²) in [7, 11) is 0. The van der Waals surface area contributed by atoms with E-state index in [9.17, 15) is 5.11 Å². The van der Waals surface area contributed by atoms with Crippen LogP contribution in [0.1, 0.15) is 44.9 Å². The standard InChI is InChI=1S/C16H22ClNO/c17-13-7-4-8-14(11-13)18-15-9-3-6-12-5-1-2-10-16(12,15)19/h4,7-8,11-12,15,18-19H,1-3,5-6,9-10H2/t12-,15-,16+/m1/s1. The smallest absolute Gasteiger partial charge is 0.0875 e. The summed E-state index contributed by atoms with van der Waals surface area (Å²) in [6.07, 6.45) is 8.01. The molecule has 2 saturated carbocycles. The number of halogens is 1. The molecule has 3 rings (SSSR count). The number of rotatable bonds is 2. The first-order valence-electron chi connectivity index (χ1n) is 7.43. The average Bonchev–Trinajstić information content (AvgIpc) is 2.40. The Balaban J connectivity index is 1.79. The van der Waals surface area contributed by atoms with Gasteiger partial charge in [-0.05, 0) is 49.8 Å². The molecule has 19 heavy (non-hydrogen) atoms. The maximum Gasteiger partial charge on any atom is 0.0875 e. The Morgan fingerprint density at radius 1 is 1.16 bits per heavy atom. The molecule has 2 N–H and O–H groups in total. The predicted octanol–water partition coefficient (Wildman–Crippen LogP) is 4.23. The molecule has 2 fully saturated rings. The van der Waals surface area contributed by atoms with E-state index >= 15 is 0 Å². The molecule has 2 nitrogen and oxygen atoms in total. The van der Waals surface area contributed by atoms with E-state index in [0.717, 1.165) is 30.0 Å². The lowest BCUT2D eigenvalue weighted by atomic mass is 9.65. The number of fused-ring (bicyclic) bond motifs is 1. The minimum absolute atomic E-state index is 0.171. The van der Waals surface area contributed by atoms with Crippen molar-refractivity contribution in [3.05, 3.63) is 29.3 Å². The zero-order valence-electron chi connectivity index (χ0n) is 11.2. The van der Waals surface area contributed by atoms with Gasteiger partial charge in [0.05, 0.1) is 11.6 Å². The fourth-order valence-corrected chi connectivity index (χ4v) is 4.09. The second-order valence-corrected chi connectivity index (χ2v) is 6.51. The Morgan fingerprint density at radius 3 is 2.84 bits per heavy atom. The largest absolute Gasteiger partial charge is 0.387 e. The Morgan fingerprint density at radius 2 is 2.00 bits per heavy atom. The Labute approximate surface area is 120 Å². The van der Waals surface area contributed by atoms with E-state index in [0.29, 0.717) is 5.92 Å². The Hall–Kier alpha value is -0.730. The van der Waals surface area contributed by atoms with Crippen LogP contribution in [0.15, 0.2) is 24.3 Å². The quantitative estimate of drug-likeness (QED) is 0.849. The van der Waals surface area contributed by atoms with E-state index in [2.05, 4.69) is 5.32 Å². The van der Waals surface area contributed by atoms with Crippen LogP contribution in [0.5, 0.6) is 0 Å². The normalized spacial score (nSPS) is 34.6. The van der Waals surface area contributed by atoms with Gasteiger partial charge in [-0.1, -0.05) is 36.9 Å². The summed E-state index contributed by atoms with van der Waals surface area (Å²) in [5, 5.41) is 15.4. The molecule has 0 radical (unpaired) electrons. The van der Waals surface area contributed by atoms with Crippen molar-refractivity contribution in [1.29, 1.82) is 0 Å². The molecular formula is C16H22ClNO. The Bertz CT molecular complexity index is 448. The van der Waals surface area contributed by atoms with Gasteiger partial charge in [0.15, 0.2) is 0 Å². The van der Waals surface area contributed by atoms with Crippen molar-refractivity contribution < 1.29 is 5.11 Å². The van der Waals surface area contributed by atoms with Gasteiger partial charge in [0.1, 0.15) is 0 Å². The average molecular weight is 280 g/mol. The molecule has 2 aliphatic carbocycles. The molecule has 0 aliphatic heterocycles. The first-order valence-corrected chi connectivity index (χ1v) is 7.81. The van der Waals surface area contributed by atoms with Crippen LogP contribution in [0.2, 0.25) is 5.02 Å². The summed E-state index contributed by atoms with van der Waals surface area (Å²) < 4.78 is 0. The van der Waals surface area contributed by atoms with Crippen molar-refractivity contribution in [2.45, 2.75) is 56.6 Å². The van der Waals surface area contributed by atoms with Gasteiger partial charge in [-0.15, -0.1) is 0 Å². The SMILES string of the molecule is O[C@@]12CCCC[C@@H]1CCC[C@H]2Nc1cccc(Cl)c1. The predicted molar refractivity (Wildman–Crippen MR) is 79.6 cm³/mol. The van der Waals surface area contributed by atoms with E-state index in [1.54, 1.807) is 0 Å². The maximum absolute atomic E-state index is 11.1. The van der Waals surface area contributed by atoms with Gasteiger partial charge >= 0.3 is 0 Å². The lowest BCUT2D eigenvalue weighted by molar-refractivity contribution is -0.0835. The summed E-state index contributed by atoms with van der Waals surface area (Å²) in [6.45, 7) is 0. The molecule has 104 valence electrons. The Kier molecular flexibility index (Phi) is 3.72. The first kappa shape index (κ1) is 13.3. The topological polar surface area (TPSA) is 32.3 Å². The monoisotopic (exact) mass is 279 g/mol. The highest BCUT2D eigenvalue weighted by Gasteiger charge is 2.47. The van der Waals surface area contributed by atoms with Crippen molar-refractivity contribution in [1.82, 2.24) is 0 Å². The zero-order valence-corrected chi connectivity index (χ0v) is 12.0. The van der Waals surface area contributed by atoms with E-state index in [1.165, 1.54) is 25.7 Å². The third kappa shape index (κ3) is 2.61. The number of hydrogen-bond acceptors (Lipinski definition) is 2. The summed E-state index contributed by atoms with van der Waals surface area (Å²) in [6, 6.07) is 7.98. The third-order valence-corrected chi connectivity index (χ3v) is 5.14. The van der Waals surface area contributed by atoms with Gasteiger partial charge in [0, 0.05) is 10.7 Å². The molecule has 0 bridgehead atoms. The second kappa shape index (κ2) is 5.34. The fraction of sp³-hybridized carbons (Fsp3) is 0.625. The molecule has 0 saturated heterocycles. The maximum atomic E-state index is 11.1. The molecular weight excluding hydrogens is 258 g/mol. The molecule has 0 aromatic heterocycles. The summed E-state index contributed by atoms with van der Waals surface area (Å²) in [5.74, 6) is 0.478. The molecule has 1 aromatic carbocycles. The van der Waals surface area contributed by atoms with Crippen molar-refractivity contribution in [3.8, 4) is 0 Å². The third-order valence-electron chi connectivity index (χ3n) is 4.90. The molecule has 3 atom stereocenters. The molecule has 0 spiro atoms. The van der Waals surface area contributed by atoms with Gasteiger partial charge in [-0.2, -0.15) is 0 Å². The van der Waals surface area contributed by atoms with Crippen molar-refractivity contribution in [2.24, 2.45) is 5.92 Å². The van der Waals surface area contributed by atoms with Crippen LogP contribution in [-0.2, 0) is 0 Å². The number of hydrogen-bond donors (Lipinski definition) is 2. The van der Waals surface area contributed by atoms with Crippen molar-refractivity contribution >= 4 is 17.3 Å². The zero-order chi connectivity index (χ0) is 13.3. The minimum Gasteiger partial charge on any atom is -0.387 e. The molecule has 0 unspecified atom stereocenters. The van der Waals surface area contributed by atoms with Crippen LogP contribution in [0.25, 0.3) is 0 Å². The molecule has 2 aliphatic rings. The van der Waals surface area contributed by atoms with Crippen molar-refractivity contribution in [2.75, 3.05) is 5.32 Å². The molecule has 1 aromatic rings. The van der Waals surface area contributed by atoms with E-state index in [1.807, 2.05) is 24.3 Å². The van der Waals surface area contributed by atoms with E-state index in [4.69, 9.17) is 11.6 Å². The number of nitrogens with one attached hydrogen (secondary N) is 1. The molecule has 0 amide bonds. The van der Waals surface area contributed by atoms with Crippen LogP contribution < -0.4 is 5.32 Å². The van der Waals surface area contributed by atoms with Crippen LogP contribution in [0.3, 0.4) is 0 Å². The summed E-state index contributed by atoms with van der Waals surface area (Å²) in [4.78, 5) is 0. The number of anilines is 1. The first-order chi connectivity index (χ1) is 9.18. The molecule has 0 heterocycles. The van der Waals surface area contributed by atoms with Crippen LogP contribution in [0, 0.1) is 5.92 Å². The van der Waals surface area contributed by atoms with E-state index in [-0.39, 0.29) is 6.04 Å². The number of aliphatic hydroxyl groups is 1. The highest BCUT2D eigenvalue weighted by molar-refractivity contribution is 6.30. The van der Waals surface area contributed by atoms with Gasteiger partial charge in [-0.3, -0.25) is 0 Å². The lowest BCUT2D eigenvalue weighted by Gasteiger charge is -2.49. The van der Waals surface area contributed by atoms with Crippen LogP contribution in [-0.4, -0.2) is 16.7 Å². The highest BCUT2D eigenvalue weighted by atomic mass is 35.5. The number of benzene rings is 1. The minimum atomic E-state index is -0.515. The summed E-state index contributed by atoms with van der Waals surface area (Å²) in [5.41, 5.74) is 0.510. The fourth-order valence-electron chi connectivity index (χ4n) is 3.90. The highest BCUT2D eigenvalue weighted by Crippen LogP contribution is 2.44.